The van der Waals surface area contributed by atoms with Crippen molar-refractivity contribution in [3.8, 4) is 5.75 Å². The van der Waals surface area contributed by atoms with Crippen molar-refractivity contribution in [1.29, 1.82) is 0 Å². The summed E-state index contributed by atoms with van der Waals surface area (Å²) in [5.41, 5.74) is 0.212. The molecule has 1 heterocycles. The van der Waals surface area contributed by atoms with Crippen LogP contribution in [0.15, 0.2) is 17.2 Å². The molecule has 1 aromatic heterocycles. The van der Waals surface area contributed by atoms with Crippen LogP contribution in [0, 0.1) is 6.92 Å². The molecular weight excluding hydrogens is 142 g/mol. The van der Waals surface area contributed by atoms with Crippen LogP contribution in [0.25, 0.3) is 0 Å². The van der Waals surface area contributed by atoms with Crippen LogP contribution in [0.5, 0.6) is 5.75 Å². The van der Waals surface area contributed by atoms with E-state index in [4.69, 9.17) is 5.11 Å². The van der Waals surface area contributed by atoms with Crippen molar-refractivity contribution in [2.45, 2.75) is 20.8 Å². The van der Waals surface area contributed by atoms with Gasteiger partial charge in [0.1, 0.15) is 0 Å². The molecule has 0 aliphatic rings. The molecule has 11 heavy (non-hydrogen) atoms. The van der Waals surface area contributed by atoms with E-state index in [1.165, 1.54) is 6.20 Å². The van der Waals surface area contributed by atoms with Crippen LogP contribution in [0.2, 0.25) is 0 Å². The standard InChI is InChI=1S/C6H7NO2.C2H6/c1-4-2-7-3-5(8)6(4)9;1-2/h2-3,8H,1H3,(H,7,9);1-2H3. The van der Waals surface area contributed by atoms with Crippen LogP contribution in [0.1, 0.15) is 19.4 Å². The van der Waals surface area contributed by atoms with Crippen molar-refractivity contribution in [2.24, 2.45) is 0 Å². The quantitative estimate of drug-likeness (QED) is 0.595. The number of rotatable bonds is 0. The van der Waals surface area contributed by atoms with Crippen LogP contribution in [-0.4, -0.2) is 10.1 Å². The first-order valence-electron chi connectivity index (χ1n) is 3.58. The summed E-state index contributed by atoms with van der Waals surface area (Å²) in [7, 11) is 0. The Morgan fingerprint density at radius 1 is 1.36 bits per heavy atom. The van der Waals surface area contributed by atoms with E-state index >= 15 is 0 Å². The molecule has 0 aliphatic heterocycles. The second-order valence-electron chi connectivity index (χ2n) is 1.85. The molecular formula is C8H13NO2. The lowest BCUT2D eigenvalue weighted by molar-refractivity contribution is 0.467. The highest BCUT2D eigenvalue weighted by molar-refractivity contribution is 5.20. The lowest BCUT2D eigenvalue weighted by atomic mass is 10.3. The van der Waals surface area contributed by atoms with Gasteiger partial charge in [-0.3, -0.25) is 4.79 Å². The summed E-state index contributed by atoms with van der Waals surface area (Å²) >= 11 is 0. The maximum absolute atomic E-state index is 10.7. The molecule has 3 heteroatoms. The highest BCUT2D eigenvalue weighted by Gasteiger charge is 1.95. The number of nitrogens with one attached hydrogen (secondary N) is 1. The maximum atomic E-state index is 10.7. The summed E-state index contributed by atoms with van der Waals surface area (Å²) in [6.07, 6.45) is 2.80. The zero-order valence-electron chi connectivity index (χ0n) is 7.01. The van der Waals surface area contributed by atoms with Gasteiger partial charge in [0.05, 0.1) is 0 Å². The predicted octanol–water partition coefficient (Wildman–Crippen LogP) is 1.42. The van der Waals surface area contributed by atoms with Gasteiger partial charge in [-0.05, 0) is 6.92 Å². The summed E-state index contributed by atoms with van der Waals surface area (Å²) in [6.45, 7) is 5.64. The fourth-order valence-electron chi connectivity index (χ4n) is 0.579. The van der Waals surface area contributed by atoms with Gasteiger partial charge in [0, 0.05) is 18.0 Å². The van der Waals surface area contributed by atoms with E-state index < -0.39 is 0 Å². The van der Waals surface area contributed by atoms with Gasteiger partial charge in [0.15, 0.2) is 5.75 Å². The average Bonchev–Trinajstić information content (AvgIpc) is 2.04. The molecule has 1 rings (SSSR count). The van der Waals surface area contributed by atoms with E-state index in [1.54, 1.807) is 13.1 Å². The number of aromatic nitrogens is 1. The van der Waals surface area contributed by atoms with E-state index in [2.05, 4.69) is 4.98 Å². The Hall–Kier alpha value is -1.25. The molecule has 0 aliphatic carbocycles. The summed E-state index contributed by atoms with van der Waals surface area (Å²) < 4.78 is 0. The van der Waals surface area contributed by atoms with E-state index in [0.717, 1.165) is 0 Å². The second-order valence-corrected chi connectivity index (χ2v) is 1.85. The molecule has 0 bridgehead atoms. The fraction of sp³-hybridized carbons (Fsp3) is 0.375. The molecule has 0 atom stereocenters. The predicted molar refractivity (Wildman–Crippen MR) is 44.8 cm³/mol. The van der Waals surface area contributed by atoms with E-state index in [0.29, 0.717) is 5.56 Å². The topological polar surface area (TPSA) is 53.1 Å². The number of hydrogen-bond acceptors (Lipinski definition) is 2. The fourth-order valence-corrected chi connectivity index (χ4v) is 0.579. The SMILES string of the molecule is CC.Cc1c[nH]cc(O)c1=O. The number of H-pyrrole nitrogens is 1. The minimum absolute atomic E-state index is 0.227. The molecule has 0 radical (unpaired) electrons. The van der Waals surface area contributed by atoms with Crippen molar-refractivity contribution in [3.05, 3.63) is 28.2 Å². The third-order valence-electron chi connectivity index (χ3n) is 1.11. The van der Waals surface area contributed by atoms with E-state index in [1.807, 2.05) is 13.8 Å². The Kier molecular flexibility index (Phi) is 4.03. The van der Waals surface area contributed by atoms with Gasteiger partial charge >= 0.3 is 0 Å². The van der Waals surface area contributed by atoms with Gasteiger partial charge in [-0.1, -0.05) is 13.8 Å². The van der Waals surface area contributed by atoms with Crippen LogP contribution >= 0.6 is 0 Å². The van der Waals surface area contributed by atoms with Crippen molar-refractivity contribution in [2.75, 3.05) is 0 Å². The first-order chi connectivity index (χ1) is 5.22. The maximum Gasteiger partial charge on any atom is 0.225 e. The zero-order valence-corrected chi connectivity index (χ0v) is 7.01. The van der Waals surface area contributed by atoms with Crippen molar-refractivity contribution >= 4 is 0 Å². The van der Waals surface area contributed by atoms with Crippen LogP contribution in [0.3, 0.4) is 0 Å². The molecule has 0 fully saturated rings. The van der Waals surface area contributed by atoms with Gasteiger partial charge in [0.2, 0.25) is 5.43 Å². The van der Waals surface area contributed by atoms with Gasteiger partial charge in [-0.2, -0.15) is 0 Å². The highest BCUT2D eigenvalue weighted by atomic mass is 16.3. The number of aromatic amines is 1. The van der Waals surface area contributed by atoms with Gasteiger partial charge in [0.25, 0.3) is 0 Å². The van der Waals surface area contributed by atoms with Crippen molar-refractivity contribution < 1.29 is 5.11 Å². The number of pyridine rings is 1. The van der Waals surface area contributed by atoms with Crippen molar-refractivity contribution in [3.63, 3.8) is 0 Å². The van der Waals surface area contributed by atoms with Crippen LogP contribution < -0.4 is 5.43 Å². The molecule has 0 aromatic carbocycles. The molecule has 3 nitrogen and oxygen atoms in total. The Balaban J connectivity index is 0.000000461. The van der Waals surface area contributed by atoms with E-state index in [9.17, 15) is 4.79 Å². The van der Waals surface area contributed by atoms with Crippen LogP contribution in [0.4, 0.5) is 0 Å². The first kappa shape index (κ1) is 9.75. The Morgan fingerprint density at radius 2 is 1.91 bits per heavy atom. The summed E-state index contributed by atoms with van der Waals surface area (Å²) in [5, 5.41) is 8.76. The van der Waals surface area contributed by atoms with Gasteiger partial charge < -0.3 is 10.1 Å². The van der Waals surface area contributed by atoms with Gasteiger partial charge in [-0.15, -0.1) is 0 Å². The normalized spacial score (nSPS) is 8.27. The van der Waals surface area contributed by atoms with Crippen molar-refractivity contribution in [1.82, 2.24) is 4.98 Å². The molecule has 0 amide bonds. The highest BCUT2D eigenvalue weighted by Crippen LogP contribution is 1.96. The molecule has 62 valence electrons. The lowest BCUT2D eigenvalue weighted by Gasteiger charge is -1.90. The molecule has 0 saturated heterocycles. The average molecular weight is 155 g/mol. The monoisotopic (exact) mass is 155 g/mol. The summed E-state index contributed by atoms with van der Waals surface area (Å²) in [4.78, 5) is 13.3. The smallest absolute Gasteiger partial charge is 0.225 e. The number of aromatic hydroxyl groups is 1. The lowest BCUT2D eigenvalue weighted by Crippen LogP contribution is -2.03. The summed E-state index contributed by atoms with van der Waals surface area (Å²) in [5.74, 6) is -0.227. The minimum Gasteiger partial charge on any atom is -0.503 e. The number of aryl methyl sites for hydroxylation is 1. The third-order valence-corrected chi connectivity index (χ3v) is 1.11. The zero-order chi connectivity index (χ0) is 8.85. The Bertz CT molecular complexity index is 242. The molecule has 0 unspecified atom stereocenters. The molecule has 1 aromatic rings. The number of hydrogen-bond donors (Lipinski definition) is 2. The molecule has 0 spiro atoms. The minimum atomic E-state index is -0.311. The molecule has 2 N–H and O–H groups in total. The van der Waals surface area contributed by atoms with Crippen LogP contribution in [-0.2, 0) is 0 Å². The molecule has 0 saturated carbocycles. The first-order valence-corrected chi connectivity index (χ1v) is 3.58. The van der Waals surface area contributed by atoms with E-state index in [-0.39, 0.29) is 11.2 Å². The second kappa shape index (κ2) is 4.55. The largest absolute Gasteiger partial charge is 0.503 e. The summed E-state index contributed by atoms with van der Waals surface area (Å²) in [6, 6.07) is 0. The Morgan fingerprint density at radius 3 is 2.27 bits per heavy atom. The Labute approximate surface area is 65.7 Å². The van der Waals surface area contributed by atoms with Gasteiger partial charge in [-0.25, -0.2) is 0 Å². The third kappa shape index (κ3) is 2.45.